The molecule has 6 heteroatoms. The summed E-state index contributed by atoms with van der Waals surface area (Å²) >= 11 is 0. The van der Waals surface area contributed by atoms with Gasteiger partial charge >= 0.3 is 5.76 Å². The van der Waals surface area contributed by atoms with Gasteiger partial charge in [-0.15, -0.1) is 0 Å². The van der Waals surface area contributed by atoms with E-state index in [1.165, 1.54) is 0 Å². The fraction of sp³-hybridized carbons (Fsp3) is 0.167. The van der Waals surface area contributed by atoms with E-state index in [-0.39, 0.29) is 11.8 Å². The van der Waals surface area contributed by atoms with Crippen LogP contribution in [0.25, 0.3) is 33.9 Å². The van der Waals surface area contributed by atoms with Gasteiger partial charge in [0.1, 0.15) is 0 Å². The maximum absolute atomic E-state index is 12.0. The third-order valence-corrected chi connectivity index (χ3v) is 3.83. The second-order valence-electron chi connectivity index (χ2n) is 5.80. The Morgan fingerprint density at radius 3 is 2.58 bits per heavy atom. The molecule has 0 bridgehead atoms. The molecule has 0 aliphatic heterocycles. The smallest absolute Gasteiger partial charge is 0.408 e. The van der Waals surface area contributed by atoms with Gasteiger partial charge in [-0.2, -0.15) is 4.98 Å². The van der Waals surface area contributed by atoms with Gasteiger partial charge in [0.2, 0.25) is 5.82 Å². The average Bonchev–Trinajstić information content (AvgIpc) is 3.18. The molecule has 0 atom stereocenters. The van der Waals surface area contributed by atoms with Gasteiger partial charge in [-0.25, -0.2) is 4.79 Å². The van der Waals surface area contributed by atoms with Crippen LogP contribution in [0.2, 0.25) is 0 Å². The summed E-state index contributed by atoms with van der Waals surface area (Å²) in [7, 11) is 0. The fourth-order valence-electron chi connectivity index (χ4n) is 2.70. The number of hydrogen-bond acceptors (Lipinski definition) is 5. The molecule has 24 heavy (non-hydrogen) atoms. The van der Waals surface area contributed by atoms with Crippen molar-refractivity contribution in [1.29, 1.82) is 0 Å². The molecule has 0 fully saturated rings. The van der Waals surface area contributed by atoms with Gasteiger partial charge in [-0.05, 0) is 44.2 Å². The molecule has 0 unspecified atom stereocenters. The van der Waals surface area contributed by atoms with E-state index in [4.69, 9.17) is 8.94 Å². The van der Waals surface area contributed by atoms with Crippen LogP contribution in [0.15, 0.2) is 62.3 Å². The van der Waals surface area contributed by atoms with Crippen molar-refractivity contribution in [3.8, 4) is 22.8 Å². The summed E-state index contributed by atoms with van der Waals surface area (Å²) in [6.07, 6.45) is 0. The van der Waals surface area contributed by atoms with Crippen LogP contribution in [0.4, 0.5) is 0 Å². The lowest BCUT2D eigenvalue weighted by Crippen LogP contribution is -2.15. The Morgan fingerprint density at radius 1 is 1.04 bits per heavy atom. The predicted molar refractivity (Wildman–Crippen MR) is 89.6 cm³/mol. The molecule has 6 nitrogen and oxygen atoms in total. The highest BCUT2D eigenvalue weighted by atomic mass is 16.5. The fourth-order valence-corrected chi connectivity index (χ4v) is 2.70. The van der Waals surface area contributed by atoms with Crippen molar-refractivity contribution in [3.05, 3.63) is 59.1 Å². The molecule has 0 amide bonds. The van der Waals surface area contributed by atoms with Gasteiger partial charge in [0.05, 0.1) is 5.52 Å². The summed E-state index contributed by atoms with van der Waals surface area (Å²) in [6, 6.07) is 15.0. The zero-order chi connectivity index (χ0) is 16.7. The van der Waals surface area contributed by atoms with Crippen LogP contribution in [0.1, 0.15) is 19.9 Å². The zero-order valence-corrected chi connectivity index (χ0v) is 13.3. The van der Waals surface area contributed by atoms with E-state index in [0.717, 1.165) is 16.6 Å². The van der Waals surface area contributed by atoms with E-state index in [2.05, 4.69) is 10.1 Å². The topological polar surface area (TPSA) is 74.1 Å². The molecular weight excluding hydrogens is 306 g/mol. The Kier molecular flexibility index (Phi) is 3.30. The van der Waals surface area contributed by atoms with Crippen LogP contribution in [0.3, 0.4) is 0 Å². The summed E-state index contributed by atoms with van der Waals surface area (Å²) in [4.78, 5) is 16.4. The molecule has 0 saturated carbocycles. The number of benzene rings is 2. The molecule has 0 aliphatic carbocycles. The molecule has 0 saturated heterocycles. The number of aromatic nitrogens is 3. The quantitative estimate of drug-likeness (QED) is 0.572. The van der Waals surface area contributed by atoms with Gasteiger partial charge < -0.3 is 8.94 Å². The Bertz CT molecular complexity index is 1060. The second kappa shape index (κ2) is 5.49. The molecule has 4 rings (SSSR count). The molecule has 2 heterocycles. The molecule has 120 valence electrons. The summed E-state index contributed by atoms with van der Waals surface area (Å²) in [5.74, 6) is 0.540. The van der Waals surface area contributed by atoms with Crippen LogP contribution < -0.4 is 5.76 Å². The zero-order valence-electron chi connectivity index (χ0n) is 13.3. The first-order valence-electron chi connectivity index (χ1n) is 7.68. The van der Waals surface area contributed by atoms with Crippen molar-refractivity contribution in [2.24, 2.45) is 0 Å². The molecule has 0 N–H and O–H groups in total. The van der Waals surface area contributed by atoms with E-state index in [0.29, 0.717) is 17.3 Å². The summed E-state index contributed by atoms with van der Waals surface area (Å²) in [5.41, 5.74) is 2.86. The van der Waals surface area contributed by atoms with Crippen LogP contribution in [0, 0.1) is 0 Å². The van der Waals surface area contributed by atoms with E-state index >= 15 is 0 Å². The van der Waals surface area contributed by atoms with Gasteiger partial charge in [0.25, 0.3) is 5.89 Å². The van der Waals surface area contributed by atoms with Crippen molar-refractivity contribution in [1.82, 2.24) is 14.7 Å². The lowest BCUT2D eigenvalue weighted by atomic mass is 10.2. The highest BCUT2D eigenvalue weighted by molar-refractivity contribution is 5.79. The molecule has 0 spiro atoms. The molecular formula is C18H15N3O3. The standard InChI is InChI=1S/C18H15N3O3/c1-11(2)21-14-9-8-13(10-15(14)23-18(21)22)16-19-17(24-20-16)12-6-4-3-5-7-12/h3-11H,1-2H3. The second-order valence-corrected chi connectivity index (χ2v) is 5.80. The van der Waals surface area contributed by atoms with E-state index in [9.17, 15) is 4.79 Å². The van der Waals surface area contributed by atoms with Crippen molar-refractivity contribution >= 4 is 11.1 Å². The first-order valence-corrected chi connectivity index (χ1v) is 7.68. The lowest BCUT2D eigenvalue weighted by Gasteiger charge is -2.04. The maximum atomic E-state index is 12.0. The third-order valence-electron chi connectivity index (χ3n) is 3.83. The van der Waals surface area contributed by atoms with Gasteiger partial charge in [0.15, 0.2) is 5.58 Å². The van der Waals surface area contributed by atoms with Crippen LogP contribution >= 0.6 is 0 Å². The first-order chi connectivity index (χ1) is 11.6. The van der Waals surface area contributed by atoms with Gasteiger partial charge in [-0.3, -0.25) is 4.57 Å². The number of rotatable bonds is 3. The number of fused-ring (bicyclic) bond motifs is 1. The minimum atomic E-state index is -0.366. The van der Waals surface area contributed by atoms with Crippen LogP contribution in [-0.2, 0) is 0 Å². The third kappa shape index (κ3) is 2.32. The van der Waals surface area contributed by atoms with Crippen molar-refractivity contribution in [2.75, 3.05) is 0 Å². The Balaban J connectivity index is 1.78. The summed E-state index contributed by atoms with van der Waals surface area (Å²) in [5, 5.41) is 4.02. The molecule has 0 aliphatic rings. The monoisotopic (exact) mass is 321 g/mol. The van der Waals surface area contributed by atoms with Crippen molar-refractivity contribution in [2.45, 2.75) is 19.9 Å². The SMILES string of the molecule is CC(C)n1c(=O)oc2cc(-c3noc(-c4ccccc4)n3)ccc21. The largest absolute Gasteiger partial charge is 0.420 e. The van der Waals surface area contributed by atoms with E-state index in [1.807, 2.05) is 56.3 Å². The van der Waals surface area contributed by atoms with E-state index in [1.54, 1.807) is 10.6 Å². The number of oxazole rings is 1. The summed E-state index contributed by atoms with van der Waals surface area (Å²) < 4.78 is 12.3. The van der Waals surface area contributed by atoms with Crippen molar-refractivity contribution < 1.29 is 8.94 Å². The normalized spacial score (nSPS) is 11.5. The maximum Gasteiger partial charge on any atom is 0.420 e. The summed E-state index contributed by atoms with van der Waals surface area (Å²) in [6.45, 7) is 3.88. The Morgan fingerprint density at radius 2 is 1.83 bits per heavy atom. The first kappa shape index (κ1) is 14.4. The minimum Gasteiger partial charge on any atom is -0.408 e. The number of hydrogen-bond donors (Lipinski definition) is 0. The van der Waals surface area contributed by atoms with Crippen LogP contribution in [-0.4, -0.2) is 14.7 Å². The Hall–Kier alpha value is -3.15. The molecule has 0 radical (unpaired) electrons. The van der Waals surface area contributed by atoms with Crippen LogP contribution in [0.5, 0.6) is 0 Å². The highest BCUT2D eigenvalue weighted by Gasteiger charge is 2.15. The average molecular weight is 321 g/mol. The van der Waals surface area contributed by atoms with Gasteiger partial charge in [0, 0.05) is 17.2 Å². The number of nitrogens with zero attached hydrogens (tertiary/aromatic N) is 3. The lowest BCUT2D eigenvalue weighted by molar-refractivity contribution is 0.432. The molecule has 2 aromatic carbocycles. The molecule has 2 aromatic heterocycles. The highest BCUT2D eigenvalue weighted by Crippen LogP contribution is 2.25. The van der Waals surface area contributed by atoms with Gasteiger partial charge in [-0.1, -0.05) is 23.4 Å². The Labute approximate surface area is 137 Å². The molecule has 4 aromatic rings. The minimum absolute atomic E-state index is 0.0273. The van der Waals surface area contributed by atoms with Crippen molar-refractivity contribution in [3.63, 3.8) is 0 Å². The predicted octanol–water partition coefficient (Wildman–Crippen LogP) is 3.89. The van der Waals surface area contributed by atoms with E-state index < -0.39 is 0 Å².